The van der Waals surface area contributed by atoms with Crippen LogP contribution in [0.5, 0.6) is 0 Å². The zero-order valence-corrected chi connectivity index (χ0v) is 12.4. The zero-order chi connectivity index (χ0) is 14.9. The van der Waals surface area contributed by atoms with Gasteiger partial charge in [0.05, 0.1) is 13.2 Å². The Morgan fingerprint density at radius 1 is 1.05 bits per heavy atom. The highest BCUT2D eigenvalue weighted by Crippen LogP contribution is 2.26. The summed E-state index contributed by atoms with van der Waals surface area (Å²) < 4.78 is 12.6. The van der Waals surface area contributed by atoms with Crippen LogP contribution in [0.2, 0.25) is 0 Å². The molecule has 4 heterocycles. The molecule has 7 nitrogen and oxygen atoms in total. The first-order valence-corrected chi connectivity index (χ1v) is 7.74. The normalized spacial score (nSPS) is 20.6. The van der Waals surface area contributed by atoms with E-state index in [2.05, 4.69) is 15.0 Å². The maximum absolute atomic E-state index is 5.94. The van der Waals surface area contributed by atoms with Gasteiger partial charge in [-0.3, -0.25) is 0 Å². The van der Waals surface area contributed by atoms with Crippen LogP contribution in [-0.2, 0) is 9.47 Å². The predicted molar refractivity (Wildman–Crippen MR) is 82.0 cm³/mol. The molecule has 2 fully saturated rings. The second-order valence-corrected chi connectivity index (χ2v) is 5.71. The molecule has 2 aromatic heterocycles. The van der Waals surface area contributed by atoms with Crippen molar-refractivity contribution in [2.24, 2.45) is 0 Å². The van der Waals surface area contributed by atoms with Crippen molar-refractivity contribution in [1.82, 2.24) is 19.6 Å². The number of aromatic nitrogens is 4. The number of anilines is 1. The van der Waals surface area contributed by atoms with E-state index in [0.29, 0.717) is 24.7 Å². The van der Waals surface area contributed by atoms with Gasteiger partial charge < -0.3 is 14.4 Å². The number of hydrogen-bond donors (Lipinski definition) is 0. The summed E-state index contributed by atoms with van der Waals surface area (Å²) in [4.78, 5) is 11.4. The lowest BCUT2D eigenvalue weighted by Gasteiger charge is -2.28. The summed E-state index contributed by atoms with van der Waals surface area (Å²) in [5.41, 5.74) is 1.23. The van der Waals surface area contributed by atoms with Crippen LogP contribution in [0.4, 0.5) is 5.82 Å². The molecule has 2 aliphatic heterocycles. The molecule has 0 saturated carbocycles. The minimum absolute atomic E-state index is 0.354. The average molecular weight is 299 g/mol. The lowest BCUT2D eigenvalue weighted by molar-refractivity contribution is 0.0836. The van der Waals surface area contributed by atoms with Crippen molar-refractivity contribution in [3.05, 3.63) is 12.0 Å². The fourth-order valence-corrected chi connectivity index (χ4v) is 3.02. The predicted octanol–water partition coefficient (Wildman–Crippen LogP) is -0.351. The van der Waals surface area contributed by atoms with E-state index in [-0.39, 0.29) is 0 Å². The molecule has 4 rings (SSSR count). The number of ether oxygens (including phenoxy) is 2. The molecule has 0 amide bonds. The number of nitrogens with zero attached hydrogens (tertiary/aromatic N) is 5. The summed E-state index contributed by atoms with van der Waals surface area (Å²) in [6.07, 6.45) is 3.66. The summed E-state index contributed by atoms with van der Waals surface area (Å²) in [6, 6.07) is 0. The molecule has 0 spiro atoms. The second kappa shape index (κ2) is 5.85. The van der Waals surface area contributed by atoms with Crippen LogP contribution in [-0.4, -0.2) is 66.9 Å². The molecule has 2 radical (unpaired) electrons. The largest absolute Gasteiger partial charge is 0.381 e. The van der Waals surface area contributed by atoms with Crippen molar-refractivity contribution >= 4 is 24.9 Å². The van der Waals surface area contributed by atoms with Gasteiger partial charge in [-0.2, -0.15) is 5.10 Å². The smallest absolute Gasteiger partial charge is 0.198 e. The lowest BCUT2D eigenvalue weighted by atomic mass is 10.00. The third-order valence-electron chi connectivity index (χ3n) is 4.23. The van der Waals surface area contributed by atoms with Gasteiger partial charge in [-0.15, -0.1) is 0 Å². The van der Waals surface area contributed by atoms with E-state index in [9.17, 15) is 0 Å². The van der Waals surface area contributed by atoms with Crippen LogP contribution in [0.15, 0.2) is 6.20 Å². The van der Waals surface area contributed by atoms with Crippen LogP contribution in [0.3, 0.4) is 0 Å². The topological polar surface area (TPSA) is 64.8 Å². The highest BCUT2D eigenvalue weighted by atomic mass is 16.5. The molecule has 22 heavy (non-hydrogen) atoms. The third-order valence-corrected chi connectivity index (χ3v) is 4.23. The first-order valence-electron chi connectivity index (χ1n) is 7.74. The van der Waals surface area contributed by atoms with Crippen molar-refractivity contribution in [3.8, 4) is 0 Å². The van der Waals surface area contributed by atoms with Crippen molar-refractivity contribution in [2.75, 3.05) is 44.4 Å². The Balaban J connectivity index is 1.73. The molecule has 0 N–H and O–H groups in total. The molecular weight excluding hydrogens is 281 g/mol. The number of morpholine rings is 1. The van der Waals surface area contributed by atoms with Gasteiger partial charge in [0.25, 0.3) is 0 Å². The molecule has 0 unspecified atom stereocenters. The van der Waals surface area contributed by atoms with Crippen LogP contribution < -0.4 is 10.5 Å². The van der Waals surface area contributed by atoms with Crippen LogP contribution in [0.25, 0.3) is 5.65 Å². The van der Waals surface area contributed by atoms with Gasteiger partial charge >= 0.3 is 0 Å². The summed E-state index contributed by atoms with van der Waals surface area (Å²) in [5.74, 6) is 2.02. The molecule has 8 heteroatoms. The summed E-state index contributed by atoms with van der Waals surface area (Å²) in [6.45, 7) is 4.54. The van der Waals surface area contributed by atoms with Gasteiger partial charge in [0, 0.05) is 44.0 Å². The third kappa shape index (κ3) is 2.57. The lowest BCUT2D eigenvalue weighted by Crippen LogP contribution is -2.38. The number of rotatable bonds is 2. The van der Waals surface area contributed by atoms with Crippen LogP contribution in [0, 0.1) is 0 Å². The van der Waals surface area contributed by atoms with E-state index in [4.69, 9.17) is 22.3 Å². The zero-order valence-electron chi connectivity index (χ0n) is 12.4. The maximum Gasteiger partial charge on any atom is 0.198 e. The Hall–Kier alpha value is -1.67. The van der Waals surface area contributed by atoms with Crippen molar-refractivity contribution in [2.45, 2.75) is 18.8 Å². The minimum Gasteiger partial charge on any atom is -0.381 e. The fourth-order valence-electron chi connectivity index (χ4n) is 3.02. The molecule has 0 atom stereocenters. The van der Waals surface area contributed by atoms with Gasteiger partial charge in [-0.05, 0) is 12.8 Å². The Morgan fingerprint density at radius 3 is 2.55 bits per heavy atom. The van der Waals surface area contributed by atoms with E-state index < -0.39 is 0 Å². The molecule has 2 saturated heterocycles. The Morgan fingerprint density at radius 2 is 1.77 bits per heavy atom. The molecule has 114 valence electrons. The first-order chi connectivity index (χ1) is 10.8. The average Bonchev–Trinajstić information content (AvgIpc) is 2.99. The minimum atomic E-state index is 0.354. The van der Waals surface area contributed by atoms with E-state index in [1.165, 1.54) is 0 Å². The summed E-state index contributed by atoms with van der Waals surface area (Å²) in [5, 5.41) is 4.62. The molecule has 0 aromatic carbocycles. The van der Waals surface area contributed by atoms with E-state index in [0.717, 1.165) is 56.4 Å². The van der Waals surface area contributed by atoms with Crippen LogP contribution >= 0.6 is 0 Å². The molecule has 0 aliphatic carbocycles. The summed E-state index contributed by atoms with van der Waals surface area (Å²) in [7, 11) is 5.94. The maximum atomic E-state index is 5.94. The number of hydrogen-bond acceptors (Lipinski definition) is 6. The highest BCUT2D eigenvalue weighted by molar-refractivity contribution is 6.30. The van der Waals surface area contributed by atoms with E-state index in [1.54, 1.807) is 10.7 Å². The molecule has 2 aromatic rings. The van der Waals surface area contributed by atoms with E-state index in [1.807, 2.05) is 0 Å². The van der Waals surface area contributed by atoms with Crippen molar-refractivity contribution < 1.29 is 9.47 Å². The van der Waals surface area contributed by atoms with Gasteiger partial charge in [0.15, 0.2) is 17.3 Å². The van der Waals surface area contributed by atoms with Crippen molar-refractivity contribution in [3.63, 3.8) is 0 Å². The molecule has 2 aliphatic rings. The standard InChI is InChI=1S/C14H18BN5O2/c15-11-9-20-14(13(16-11)19-3-7-22-8-4-19)17-12(18-20)10-1-5-21-6-2-10/h9-10H,1-8H2. The van der Waals surface area contributed by atoms with Gasteiger partial charge in [-0.25, -0.2) is 14.5 Å². The molecular formula is C14H18BN5O2. The first kappa shape index (κ1) is 14.0. The Kier molecular flexibility index (Phi) is 3.71. The summed E-state index contributed by atoms with van der Waals surface area (Å²) >= 11 is 0. The van der Waals surface area contributed by atoms with Gasteiger partial charge in [0.1, 0.15) is 7.85 Å². The van der Waals surface area contributed by atoms with Gasteiger partial charge in [0.2, 0.25) is 0 Å². The molecule has 0 bridgehead atoms. The van der Waals surface area contributed by atoms with Crippen LogP contribution in [0.1, 0.15) is 24.6 Å². The highest BCUT2D eigenvalue weighted by Gasteiger charge is 2.23. The monoisotopic (exact) mass is 299 g/mol. The number of fused-ring (bicyclic) bond motifs is 1. The van der Waals surface area contributed by atoms with E-state index >= 15 is 0 Å². The second-order valence-electron chi connectivity index (χ2n) is 5.71. The quantitative estimate of drug-likeness (QED) is 0.706. The van der Waals surface area contributed by atoms with Crippen molar-refractivity contribution in [1.29, 1.82) is 0 Å². The Bertz CT molecular complexity index is 665. The van der Waals surface area contributed by atoms with Gasteiger partial charge in [-0.1, -0.05) is 0 Å². The SMILES string of the molecule is [B]c1cn2nc(C3CCOCC3)nc2c(N2CCOCC2)n1. The Labute approximate surface area is 130 Å². The fraction of sp³-hybridized carbons (Fsp3) is 0.643.